The average molecular weight is 823 g/mol. The maximum atomic E-state index is 5.29. The van der Waals surface area contributed by atoms with Crippen LogP contribution in [0.2, 0.25) is 0 Å². The predicted molar refractivity (Wildman–Crippen MR) is 272 cm³/mol. The highest BCUT2D eigenvalue weighted by Gasteiger charge is 2.41. The van der Waals surface area contributed by atoms with Gasteiger partial charge in [-0.1, -0.05) is 210 Å². The first kappa shape index (κ1) is 40.4. The molecule has 0 amide bonds. The largest absolute Gasteiger partial charge is 0.247 e. The third kappa shape index (κ3) is 7.33. The second-order valence-electron chi connectivity index (χ2n) is 17.7. The summed E-state index contributed by atoms with van der Waals surface area (Å²) in [5, 5.41) is 3.56. The van der Waals surface area contributed by atoms with Crippen LogP contribution in [0, 0.1) is 5.92 Å². The van der Waals surface area contributed by atoms with Crippen molar-refractivity contribution in [3.63, 3.8) is 0 Å². The van der Waals surface area contributed by atoms with Gasteiger partial charge in [-0.15, -0.1) is 5.73 Å². The van der Waals surface area contributed by atoms with Crippen LogP contribution in [-0.2, 0) is 5.41 Å². The third-order valence-electron chi connectivity index (χ3n) is 13.2. The van der Waals surface area contributed by atoms with Crippen LogP contribution in [0.3, 0.4) is 0 Å². The lowest BCUT2D eigenvalue weighted by atomic mass is 9.72. The number of hydrogen-bond acceptors (Lipinski definition) is 2. The molecule has 2 nitrogen and oxygen atoms in total. The predicted octanol–water partition coefficient (Wildman–Crippen LogP) is 16.0. The molecular weight excluding hydrogens is 773 g/mol. The fourth-order valence-electron chi connectivity index (χ4n) is 9.90. The van der Waals surface area contributed by atoms with Crippen LogP contribution >= 0.6 is 0 Å². The maximum Gasteiger partial charge on any atom is 0.0815 e. The second-order valence-corrected chi connectivity index (χ2v) is 17.7. The van der Waals surface area contributed by atoms with Crippen LogP contribution in [0.25, 0.3) is 60.9 Å². The van der Waals surface area contributed by atoms with E-state index in [2.05, 4.69) is 210 Å². The highest BCUT2D eigenvalue weighted by molar-refractivity contribution is 6.15. The van der Waals surface area contributed by atoms with Gasteiger partial charge in [-0.2, -0.15) is 0 Å². The van der Waals surface area contributed by atoms with Crippen molar-refractivity contribution < 1.29 is 0 Å². The van der Waals surface area contributed by atoms with E-state index in [1.54, 1.807) is 0 Å². The Morgan fingerprint density at radius 3 is 2.09 bits per heavy atom. The van der Waals surface area contributed by atoms with Crippen LogP contribution < -0.4 is 0 Å². The molecular formula is C62H50N2. The zero-order chi connectivity index (χ0) is 44.0. The summed E-state index contributed by atoms with van der Waals surface area (Å²) in [6.07, 6.45) is 9.09. The molecule has 0 spiro atoms. The Labute approximate surface area is 377 Å². The van der Waals surface area contributed by atoms with E-state index >= 15 is 0 Å². The fraction of sp³-hybridized carbons (Fsp3) is 0.113. The maximum absolute atomic E-state index is 5.29. The number of aliphatic imine (C=N–C) groups is 1. The zero-order valence-corrected chi connectivity index (χ0v) is 36.9. The number of nitrogens with zero attached hydrogens (tertiary/aromatic N) is 2. The number of aromatic nitrogens is 1. The summed E-state index contributed by atoms with van der Waals surface area (Å²) in [6, 6.07) is 60.1. The summed E-state index contributed by atoms with van der Waals surface area (Å²) in [7, 11) is 0. The van der Waals surface area contributed by atoms with Crippen LogP contribution in [-0.4, -0.2) is 10.7 Å². The van der Waals surface area contributed by atoms with Gasteiger partial charge in [0.1, 0.15) is 0 Å². The van der Waals surface area contributed by atoms with Gasteiger partial charge in [-0.3, -0.25) is 0 Å². The summed E-state index contributed by atoms with van der Waals surface area (Å²) in [5.74, 6) is 0.496. The first-order chi connectivity index (χ1) is 31.2. The van der Waals surface area contributed by atoms with E-state index in [0.29, 0.717) is 5.70 Å². The van der Waals surface area contributed by atoms with Crippen LogP contribution in [0.1, 0.15) is 72.6 Å². The van der Waals surface area contributed by atoms with Gasteiger partial charge in [0, 0.05) is 44.6 Å². The Kier molecular flexibility index (Phi) is 10.5. The molecule has 2 atom stereocenters. The van der Waals surface area contributed by atoms with Crippen molar-refractivity contribution in [3.8, 4) is 22.4 Å². The lowest BCUT2D eigenvalue weighted by Crippen LogP contribution is -2.21. The van der Waals surface area contributed by atoms with Gasteiger partial charge in [-0.25, -0.2) is 9.98 Å². The first-order valence-electron chi connectivity index (χ1n) is 22.2. The number of fused-ring (bicyclic) bond motifs is 5. The molecule has 0 fully saturated rings. The molecule has 0 N–H and O–H groups in total. The highest BCUT2D eigenvalue weighted by Crippen LogP contribution is 2.53. The van der Waals surface area contributed by atoms with Crippen molar-refractivity contribution >= 4 is 44.2 Å². The monoisotopic (exact) mass is 822 g/mol. The van der Waals surface area contributed by atoms with E-state index in [9.17, 15) is 0 Å². The number of pyridine rings is 1. The quantitative estimate of drug-likeness (QED) is 0.0809. The van der Waals surface area contributed by atoms with Gasteiger partial charge in [0.2, 0.25) is 0 Å². The number of allylic oxidation sites excluding steroid dienone is 6. The van der Waals surface area contributed by atoms with Gasteiger partial charge < -0.3 is 0 Å². The molecule has 1 aromatic heterocycles. The van der Waals surface area contributed by atoms with Crippen molar-refractivity contribution in [2.24, 2.45) is 10.9 Å². The number of benzene rings is 7. The molecule has 0 saturated heterocycles. The summed E-state index contributed by atoms with van der Waals surface area (Å²) >= 11 is 0. The van der Waals surface area contributed by atoms with E-state index < -0.39 is 0 Å². The minimum absolute atomic E-state index is 0.149. The Morgan fingerprint density at radius 2 is 1.33 bits per heavy atom. The molecule has 0 saturated carbocycles. The molecule has 2 unspecified atom stereocenters. The minimum atomic E-state index is -0.149. The van der Waals surface area contributed by atoms with Gasteiger partial charge in [0.05, 0.1) is 22.6 Å². The van der Waals surface area contributed by atoms with Gasteiger partial charge in [0.15, 0.2) is 0 Å². The smallest absolute Gasteiger partial charge is 0.0815 e. The zero-order valence-electron chi connectivity index (χ0n) is 36.9. The summed E-state index contributed by atoms with van der Waals surface area (Å²) in [6.45, 7) is 17.8. The number of rotatable bonds is 9. The Morgan fingerprint density at radius 1 is 0.688 bits per heavy atom. The summed E-state index contributed by atoms with van der Waals surface area (Å²) in [4.78, 5) is 10.5. The van der Waals surface area contributed by atoms with Crippen LogP contribution in [0.15, 0.2) is 224 Å². The normalized spacial score (nSPS) is 16.1. The molecule has 2 heteroatoms. The molecule has 0 bridgehead atoms. The van der Waals surface area contributed by atoms with Gasteiger partial charge >= 0.3 is 0 Å². The van der Waals surface area contributed by atoms with Gasteiger partial charge in [-0.05, 0) is 86.3 Å². The summed E-state index contributed by atoms with van der Waals surface area (Å²) < 4.78 is 0. The Bertz CT molecular complexity index is 3310. The molecule has 0 aliphatic heterocycles. The molecule has 10 rings (SSSR count). The molecule has 1 heterocycles. The third-order valence-corrected chi connectivity index (χ3v) is 13.2. The minimum Gasteiger partial charge on any atom is -0.247 e. The first-order valence-corrected chi connectivity index (χ1v) is 22.2. The molecule has 2 aliphatic carbocycles. The van der Waals surface area contributed by atoms with E-state index in [4.69, 9.17) is 9.98 Å². The standard InChI is InChI=1S/C62H50N2/c1-7-43(44-18-10-8-11-19-44)37-41(3)60(47-28-26-46(27-29-47)45-20-12-9-13-21-45)63-42(4)48-30-31-52-39-51(33-32-50(52)38-48)49-34-35-53(40(2)36-49)58-55-23-15-17-25-57(55)64-61-54-22-14-16-24-56(54)62(5,6)59(58)61/h7-36,38-40,53H,1,4H2,2-3,5-6H3. The topological polar surface area (TPSA) is 25.2 Å². The second kappa shape index (κ2) is 16.6. The van der Waals surface area contributed by atoms with Crippen molar-refractivity contribution in [3.05, 3.63) is 258 Å². The lowest BCUT2D eigenvalue weighted by molar-refractivity contribution is 0.601. The average Bonchev–Trinajstić information content (AvgIpc) is 3.57. The Hall–Kier alpha value is -7.64. The van der Waals surface area contributed by atoms with Gasteiger partial charge in [0.25, 0.3) is 0 Å². The van der Waals surface area contributed by atoms with E-state index in [1.807, 2.05) is 30.3 Å². The van der Waals surface area contributed by atoms with Crippen LogP contribution in [0.4, 0.5) is 0 Å². The van der Waals surface area contributed by atoms with Crippen LogP contribution in [0.5, 0.6) is 0 Å². The molecule has 2 aliphatic rings. The highest BCUT2D eigenvalue weighted by atomic mass is 14.8. The van der Waals surface area contributed by atoms with Crippen molar-refractivity contribution in [2.75, 3.05) is 0 Å². The van der Waals surface area contributed by atoms with E-state index in [1.165, 1.54) is 49.7 Å². The molecule has 8 aromatic rings. The Balaban J connectivity index is 0.966. The van der Waals surface area contributed by atoms with E-state index in [0.717, 1.165) is 55.7 Å². The van der Waals surface area contributed by atoms with Crippen molar-refractivity contribution in [1.29, 1.82) is 0 Å². The SMILES string of the molecule is C=CC(=C=C(C)C(=NC(=C)c1ccc2cc(C3=CC(C)C(c4c5c(nc6ccccc46)-c4ccccc4C5(C)C)C=C3)ccc2c1)c1ccc(-c2ccccc2)cc1)c1ccccc1. The molecule has 0 radical (unpaired) electrons. The number of para-hydroxylation sites is 1. The lowest BCUT2D eigenvalue weighted by Gasteiger charge is -2.31. The fourth-order valence-corrected chi connectivity index (χ4v) is 9.90. The van der Waals surface area contributed by atoms with Crippen molar-refractivity contribution in [1.82, 2.24) is 4.98 Å². The van der Waals surface area contributed by atoms with Crippen molar-refractivity contribution in [2.45, 2.75) is 39.0 Å². The molecule has 308 valence electrons. The van der Waals surface area contributed by atoms with E-state index in [-0.39, 0.29) is 17.3 Å². The summed E-state index contributed by atoms with van der Waals surface area (Å²) in [5.41, 5.74) is 22.2. The molecule has 7 aromatic carbocycles. The number of hydrogen-bond donors (Lipinski definition) is 0. The molecule has 64 heavy (non-hydrogen) atoms.